The van der Waals surface area contributed by atoms with Crippen molar-refractivity contribution in [1.82, 2.24) is 0 Å². The Balaban J connectivity index is 0.000000220. The molecule has 2 heteroatoms. The lowest BCUT2D eigenvalue weighted by Crippen LogP contribution is -1.84. The van der Waals surface area contributed by atoms with Crippen molar-refractivity contribution in [3.63, 3.8) is 0 Å². The maximum atomic E-state index is 5.07. The summed E-state index contributed by atoms with van der Waals surface area (Å²) in [5.74, 6) is 1.81. The van der Waals surface area contributed by atoms with Crippen molar-refractivity contribution in [2.24, 2.45) is 0 Å². The van der Waals surface area contributed by atoms with Gasteiger partial charge in [0.05, 0.1) is 14.2 Å². The highest BCUT2D eigenvalue weighted by molar-refractivity contribution is 5.29. The van der Waals surface area contributed by atoms with Crippen molar-refractivity contribution in [3.8, 4) is 11.5 Å². The summed E-state index contributed by atoms with van der Waals surface area (Å²) in [6.45, 7) is 7.34. The molecular weight excluding hydrogens is 272 g/mol. The summed E-state index contributed by atoms with van der Waals surface area (Å²) < 4.78 is 10.1. The molecule has 0 radical (unpaired) electrons. The fraction of sp³-hybridized carbons (Fsp3) is 0.200. The molecule has 0 aliphatic carbocycles. The smallest absolute Gasteiger partial charge is 0.119 e. The molecule has 22 heavy (non-hydrogen) atoms. The summed E-state index contributed by atoms with van der Waals surface area (Å²) >= 11 is 0. The second kappa shape index (κ2) is 10.3. The van der Waals surface area contributed by atoms with Crippen LogP contribution in [0.1, 0.15) is 11.1 Å². The van der Waals surface area contributed by atoms with Crippen LogP contribution in [0.2, 0.25) is 0 Å². The standard InChI is InChI=1S/2C10H12O/c1-3-5-9-6-4-7-10(8-9)11-2;1-3-4-9-5-7-10(11-2)8-6-9/h3-4,6-8H,1,5H2,2H3;3,5-8H,1,4H2,2H3. The van der Waals surface area contributed by atoms with E-state index in [0.717, 1.165) is 24.3 Å². The van der Waals surface area contributed by atoms with Crippen LogP contribution in [0.5, 0.6) is 11.5 Å². The highest BCUT2D eigenvalue weighted by Crippen LogP contribution is 2.13. The van der Waals surface area contributed by atoms with Crippen LogP contribution in [0.15, 0.2) is 73.8 Å². The Bertz CT molecular complexity index is 571. The van der Waals surface area contributed by atoms with Gasteiger partial charge in [0.1, 0.15) is 11.5 Å². The summed E-state index contributed by atoms with van der Waals surface area (Å²) in [6, 6.07) is 16.0. The molecule has 0 spiro atoms. The number of benzene rings is 2. The van der Waals surface area contributed by atoms with E-state index in [0.29, 0.717) is 0 Å². The fourth-order valence-electron chi connectivity index (χ4n) is 1.89. The lowest BCUT2D eigenvalue weighted by atomic mass is 10.1. The second-order valence-corrected chi connectivity index (χ2v) is 4.69. The Labute approximate surface area is 133 Å². The van der Waals surface area contributed by atoms with Crippen LogP contribution in [-0.4, -0.2) is 14.2 Å². The molecule has 116 valence electrons. The lowest BCUT2D eigenvalue weighted by Gasteiger charge is -2.00. The van der Waals surface area contributed by atoms with Crippen molar-refractivity contribution in [2.75, 3.05) is 14.2 Å². The molecule has 2 rings (SSSR count). The third-order valence-corrected chi connectivity index (χ3v) is 3.05. The van der Waals surface area contributed by atoms with Crippen LogP contribution in [0.3, 0.4) is 0 Å². The molecule has 0 N–H and O–H groups in total. The van der Waals surface area contributed by atoms with Gasteiger partial charge in [-0.05, 0) is 48.2 Å². The monoisotopic (exact) mass is 296 g/mol. The zero-order chi connectivity index (χ0) is 16.2. The predicted octanol–water partition coefficient (Wildman–Crippen LogP) is 4.85. The minimum atomic E-state index is 0.900. The Morgan fingerprint density at radius 1 is 0.773 bits per heavy atom. The maximum Gasteiger partial charge on any atom is 0.119 e. The van der Waals surface area contributed by atoms with Crippen LogP contribution in [0, 0.1) is 0 Å². The summed E-state index contributed by atoms with van der Waals surface area (Å²) in [5, 5.41) is 0. The fourth-order valence-corrected chi connectivity index (χ4v) is 1.89. The number of hydrogen-bond donors (Lipinski definition) is 0. The van der Waals surface area contributed by atoms with Crippen molar-refractivity contribution < 1.29 is 9.47 Å². The lowest BCUT2D eigenvalue weighted by molar-refractivity contribution is 0.414. The van der Waals surface area contributed by atoms with Gasteiger partial charge in [0, 0.05) is 0 Å². The van der Waals surface area contributed by atoms with Gasteiger partial charge in [-0.2, -0.15) is 0 Å². The van der Waals surface area contributed by atoms with E-state index in [4.69, 9.17) is 9.47 Å². The molecule has 0 aromatic heterocycles. The van der Waals surface area contributed by atoms with E-state index in [1.54, 1.807) is 14.2 Å². The minimum absolute atomic E-state index is 0.900. The topological polar surface area (TPSA) is 18.5 Å². The molecule has 0 aliphatic heterocycles. The van der Waals surface area contributed by atoms with Crippen molar-refractivity contribution in [1.29, 1.82) is 0 Å². The molecule has 0 fully saturated rings. The number of ether oxygens (including phenoxy) is 2. The summed E-state index contributed by atoms with van der Waals surface area (Å²) in [5.41, 5.74) is 2.50. The normalized spacial score (nSPS) is 9.18. The van der Waals surface area contributed by atoms with Gasteiger partial charge in [0.25, 0.3) is 0 Å². The first kappa shape index (κ1) is 17.6. The molecule has 2 aromatic rings. The first-order chi connectivity index (χ1) is 10.7. The number of allylic oxidation sites excluding steroid dienone is 2. The van der Waals surface area contributed by atoms with Crippen LogP contribution in [-0.2, 0) is 12.8 Å². The predicted molar refractivity (Wildman–Crippen MR) is 93.8 cm³/mol. The Morgan fingerprint density at radius 2 is 1.36 bits per heavy atom. The Hall–Kier alpha value is -2.48. The highest BCUT2D eigenvalue weighted by atomic mass is 16.5. The summed E-state index contributed by atoms with van der Waals surface area (Å²) in [7, 11) is 3.34. The van der Waals surface area contributed by atoms with Crippen molar-refractivity contribution in [2.45, 2.75) is 12.8 Å². The third kappa shape index (κ3) is 6.31. The number of hydrogen-bond acceptors (Lipinski definition) is 2. The van der Waals surface area contributed by atoms with Gasteiger partial charge >= 0.3 is 0 Å². The maximum absolute atomic E-state index is 5.07. The molecule has 0 atom stereocenters. The second-order valence-electron chi connectivity index (χ2n) is 4.69. The number of rotatable bonds is 6. The van der Waals surface area contributed by atoms with Crippen LogP contribution >= 0.6 is 0 Å². The molecule has 0 amide bonds. The van der Waals surface area contributed by atoms with Gasteiger partial charge in [-0.3, -0.25) is 0 Å². The van der Waals surface area contributed by atoms with E-state index in [1.165, 1.54) is 11.1 Å². The minimum Gasteiger partial charge on any atom is -0.497 e. The molecular formula is C20H24O2. The molecule has 0 bridgehead atoms. The van der Waals surface area contributed by atoms with Crippen molar-refractivity contribution in [3.05, 3.63) is 85.0 Å². The summed E-state index contributed by atoms with van der Waals surface area (Å²) in [6.07, 6.45) is 5.60. The highest BCUT2D eigenvalue weighted by Gasteiger charge is 1.92. The third-order valence-electron chi connectivity index (χ3n) is 3.05. The molecule has 0 unspecified atom stereocenters. The molecule has 2 aromatic carbocycles. The SMILES string of the molecule is C=CCc1ccc(OC)cc1.C=CCc1cccc(OC)c1. The zero-order valence-corrected chi connectivity index (χ0v) is 13.4. The first-order valence-electron chi connectivity index (χ1n) is 7.21. The summed E-state index contributed by atoms with van der Waals surface area (Å²) in [4.78, 5) is 0. The van der Waals surface area contributed by atoms with Gasteiger partial charge in [-0.15, -0.1) is 13.2 Å². The van der Waals surface area contributed by atoms with Crippen LogP contribution < -0.4 is 9.47 Å². The molecule has 2 nitrogen and oxygen atoms in total. The van der Waals surface area contributed by atoms with Gasteiger partial charge in [-0.1, -0.05) is 36.4 Å². The average Bonchev–Trinajstić information content (AvgIpc) is 2.57. The molecule has 0 saturated heterocycles. The molecule has 0 aliphatic rings. The van der Waals surface area contributed by atoms with E-state index >= 15 is 0 Å². The van der Waals surface area contributed by atoms with Gasteiger partial charge in [0.15, 0.2) is 0 Å². The number of methoxy groups -OCH3 is 2. The van der Waals surface area contributed by atoms with E-state index in [9.17, 15) is 0 Å². The van der Waals surface area contributed by atoms with Gasteiger partial charge < -0.3 is 9.47 Å². The average molecular weight is 296 g/mol. The zero-order valence-electron chi connectivity index (χ0n) is 13.4. The van der Waals surface area contributed by atoms with E-state index in [-0.39, 0.29) is 0 Å². The van der Waals surface area contributed by atoms with Crippen LogP contribution in [0.4, 0.5) is 0 Å². The molecule has 0 heterocycles. The van der Waals surface area contributed by atoms with E-state index < -0.39 is 0 Å². The van der Waals surface area contributed by atoms with E-state index in [2.05, 4.69) is 19.2 Å². The largest absolute Gasteiger partial charge is 0.497 e. The Kier molecular flexibility index (Phi) is 8.21. The van der Waals surface area contributed by atoms with Crippen molar-refractivity contribution >= 4 is 0 Å². The van der Waals surface area contributed by atoms with Crippen LogP contribution in [0.25, 0.3) is 0 Å². The van der Waals surface area contributed by atoms with Gasteiger partial charge in [0.2, 0.25) is 0 Å². The Morgan fingerprint density at radius 3 is 1.91 bits per heavy atom. The first-order valence-corrected chi connectivity index (χ1v) is 7.21. The van der Waals surface area contributed by atoms with Gasteiger partial charge in [-0.25, -0.2) is 0 Å². The molecule has 0 saturated carbocycles. The van der Waals surface area contributed by atoms with E-state index in [1.807, 2.05) is 54.6 Å². The quantitative estimate of drug-likeness (QED) is 0.710.